The fraction of sp³-hybridized carbons (Fsp3) is 0.364. The molecule has 16 heavy (non-hydrogen) atoms. The third kappa shape index (κ3) is 2.68. The molecule has 0 radical (unpaired) electrons. The minimum atomic E-state index is 0. The van der Waals surface area contributed by atoms with Crippen molar-refractivity contribution in [3.8, 4) is 0 Å². The smallest absolute Gasteiger partial charge is 0.255 e. The zero-order chi connectivity index (χ0) is 11.0. The van der Waals surface area contributed by atoms with Crippen LogP contribution in [0.5, 0.6) is 0 Å². The van der Waals surface area contributed by atoms with E-state index in [4.69, 9.17) is 5.73 Å². The average molecular weight is 306 g/mol. The number of carbonyl (C=O) groups excluding carboxylic acids is 1. The number of anilines is 1. The van der Waals surface area contributed by atoms with E-state index >= 15 is 0 Å². The molecule has 0 saturated heterocycles. The summed E-state index contributed by atoms with van der Waals surface area (Å²) in [4.78, 5) is 13.8. The van der Waals surface area contributed by atoms with Gasteiger partial charge in [-0.05, 0) is 31.0 Å². The number of nitrogen functional groups attached to an aromatic ring is 1. The lowest BCUT2D eigenvalue weighted by Crippen LogP contribution is -2.29. The molecule has 3 nitrogen and oxygen atoms in total. The summed E-state index contributed by atoms with van der Waals surface area (Å²) in [6.45, 7) is 0. The van der Waals surface area contributed by atoms with E-state index in [1.54, 1.807) is 17.0 Å². The summed E-state index contributed by atoms with van der Waals surface area (Å²) in [5, 5.41) is 0. The molecule has 0 heterocycles. The molecular formula is C11H14BrClN2O. The highest BCUT2D eigenvalue weighted by Crippen LogP contribution is 2.28. The Hall–Kier alpha value is -0.740. The van der Waals surface area contributed by atoms with E-state index in [0.29, 0.717) is 17.3 Å². The van der Waals surface area contributed by atoms with Crippen LogP contribution in [-0.2, 0) is 0 Å². The minimum absolute atomic E-state index is 0. The lowest BCUT2D eigenvalue weighted by atomic mass is 10.1. The third-order valence-electron chi connectivity index (χ3n) is 2.66. The van der Waals surface area contributed by atoms with Crippen molar-refractivity contribution >= 4 is 39.9 Å². The zero-order valence-electron chi connectivity index (χ0n) is 8.94. The van der Waals surface area contributed by atoms with E-state index in [1.807, 2.05) is 13.1 Å². The maximum atomic E-state index is 12.0. The van der Waals surface area contributed by atoms with Crippen LogP contribution >= 0.6 is 28.3 Å². The van der Waals surface area contributed by atoms with Gasteiger partial charge in [-0.15, -0.1) is 12.4 Å². The predicted molar refractivity (Wildman–Crippen MR) is 70.9 cm³/mol. The van der Waals surface area contributed by atoms with Gasteiger partial charge in [-0.25, -0.2) is 0 Å². The van der Waals surface area contributed by atoms with E-state index in [-0.39, 0.29) is 18.3 Å². The van der Waals surface area contributed by atoms with Gasteiger partial charge in [0.2, 0.25) is 0 Å². The first-order valence-electron chi connectivity index (χ1n) is 4.92. The van der Waals surface area contributed by atoms with Gasteiger partial charge in [0.05, 0.1) is 5.56 Å². The molecule has 5 heteroatoms. The molecule has 0 bridgehead atoms. The van der Waals surface area contributed by atoms with Crippen LogP contribution in [0.2, 0.25) is 0 Å². The zero-order valence-corrected chi connectivity index (χ0v) is 11.3. The Labute approximate surface area is 110 Å². The van der Waals surface area contributed by atoms with Crippen LogP contribution in [-0.4, -0.2) is 23.9 Å². The summed E-state index contributed by atoms with van der Waals surface area (Å²) in [6, 6.07) is 5.78. The molecule has 1 amide bonds. The number of carbonyl (C=O) groups is 1. The van der Waals surface area contributed by atoms with Gasteiger partial charge in [0.25, 0.3) is 5.91 Å². The molecule has 0 aliphatic heterocycles. The number of nitrogens with two attached hydrogens (primary N) is 1. The van der Waals surface area contributed by atoms with E-state index in [1.165, 1.54) is 0 Å². The van der Waals surface area contributed by atoms with Gasteiger partial charge in [0.1, 0.15) is 0 Å². The molecule has 0 unspecified atom stereocenters. The van der Waals surface area contributed by atoms with Gasteiger partial charge >= 0.3 is 0 Å². The van der Waals surface area contributed by atoms with Crippen molar-refractivity contribution in [1.82, 2.24) is 4.90 Å². The average Bonchev–Trinajstić information content (AvgIpc) is 2.99. The standard InChI is InChI=1S/C11H13BrN2O.ClH/c1-14(8-3-4-8)11(15)9-5-2-7(12)6-10(9)13;/h2,5-6,8H,3-4,13H2,1H3;1H. The summed E-state index contributed by atoms with van der Waals surface area (Å²) >= 11 is 3.32. The summed E-state index contributed by atoms with van der Waals surface area (Å²) in [6.07, 6.45) is 2.22. The second-order valence-electron chi connectivity index (χ2n) is 3.88. The molecular weight excluding hydrogens is 291 g/mol. The van der Waals surface area contributed by atoms with Crippen molar-refractivity contribution in [3.05, 3.63) is 28.2 Å². The fourth-order valence-electron chi connectivity index (χ4n) is 1.55. The second-order valence-corrected chi connectivity index (χ2v) is 4.79. The Kier molecular flexibility index (Phi) is 4.21. The monoisotopic (exact) mass is 304 g/mol. The molecule has 0 atom stereocenters. The molecule has 2 rings (SSSR count). The highest BCUT2D eigenvalue weighted by molar-refractivity contribution is 9.10. The highest BCUT2D eigenvalue weighted by Gasteiger charge is 2.30. The van der Waals surface area contributed by atoms with Gasteiger partial charge in [0, 0.05) is 23.2 Å². The first-order chi connectivity index (χ1) is 7.09. The van der Waals surface area contributed by atoms with Crippen molar-refractivity contribution in [1.29, 1.82) is 0 Å². The Morgan fingerprint density at radius 3 is 2.62 bits per heavy atom. The van der Waals surface area contributed by atoms with Gasteiger partial charge in [-0.3, -0.25) is 4.79 Å². The van der Waals surface area contributed by atoms with Crippen molar-refractivity contribution < 1.29 is 4.79 Å². The van der Waals surface area contributed by atoms with Crippen LogP contribution in [0.4, 0.5) is 5.69 Å². The second kappa shape index (κ2) is 5.06. The van der Waals surface area contributed by atoms with Gasteiger partial charge in [-0.2, -0.15) is 0 Å². The Bertz CT molecular complexity index is 407. The van der Waals surface area contributed by atoms with Crippen LogP contribution in [0.15, 0.2) is 22.7 Å². The molecule has 1 aliphatic carbocycles. The molecule has 1 aliphatic rings. The first-order valence-corrected chi connectivity index (χ1v) is 5.71. The van der Waals surface area contributed by atoms with Crippen LogP contribution in [0, 0.1) is 0 Å². The Balaban J connectivity index is 0.00000128. The third-order valence-corrected chi connectivity index (χ3v) is 3.15. The maximum Gasteiger partial charge on any atom is 0.255 e. The molecule has 1 saturated carbocycles. The van der Waals surface area contributed by atoms with E-state index < -0.39 is 0 Å². The van der Waals surface area contributed by atoms with Gasteiger partial charge < -0.3 is 10.6 Å². The molecule has 1 aromatic rings. The lowest BCUT2D eigenvalue weighted by Gasteiger charge is -2.17. The van der Waals surface area contributed by atoms with Crippen molar-refractivity contribution in [2.24, 2.45) is 0 Å². The molecule has 2 N–H and O–H groups in total. The number of halogens is 2. The van der Waals surface area contributed by atoms with Gasteiger partial charge in [0.15, 0.2) is 0 Å². The molecule has 0 aromatic heterocycles. The van der Waals surface area contributed by atoms with Crippen LogP contribution < -0.4 is 5.73 Å². The normalized spacial score (nSPS) is 14.1. The molecule has 1 fully saturated rings. The van der Waals surface area contributed by atoms with Crippen molar-refractivity contribution in [3.63, 3.8) is 0 Å². The van der Waals surface area contributed by atoms with Crippen molar-refractivity contribution in [2.75, 3.05) is 12.8 Å². The quantitative estimate of drug-likeness (QED) is 0.854. The van der Waals surface area contributed by atoms with E-state index in [2.05, 4.69) is 15.9 Å². The number of amides is 1. The molecule has 88 valence electrons. The number of hydrogen-bond acceptors (Lipinski definition) is 2. The van der Waals surface area contributed by atoms with Crippen LogP contribution in [0.3, 0.4) is 0 Å². The summed E-state index contributed by atoms with van der Waals surface area (Å²) in [7, 11) is 1.83. The number of nitrogens with zero attached hydrogens (tertiary/aromatic N) is 1. The first kappa shape index (κ1) is 13.3. The summed E-state index contributed by atoms with van der Waals surface area (Å²) < 4.78 is 0.894. The van der Waals surface area contributed by atoms with Crippen LogP contribution in [0.25, 0.3) is 0 Å². The minimum Gasteiger partial charge on any atom is -0.398 e. The Morgan fingerprint density at radius 1 is 1.50 bits per heavy atom. The lowest BCUT2D eigenvalue weighted by molar-refractivity contribution is 0.0786. The predicted octanol–water partition coefficient (Wildman–Crippen LogP) is 2.69. The van der Waals surface area contributed by atoms with Gasteiger partial charge in [-0.1, -0.05) is 15.9 Å². The maximum absolute atomic E-state index is 12.0. The Morgan fingerprint density at radius 2 is 2.12 bits per heavy atom. The fourth-order valence-corrected chi connectivity index (χ4v) is 1.92. The molecule has 1 aromatic carbocycles. The summed E-state index contributed by atoms with van der Waals surface area (Å²) in [5.41, 5.74) is 6.92. The van der Waals surface area contributed by atoms with Crippen LogP contribution in [0.1, 0.15) is 23.2 Å². The topological polar surface area (TPSA) is 46.3 Å². The van der Waals surface area contributed by atoms with E-state index in [9.17, 15) is 4.79 Å². The largest absolute Gasteiger partial charge is 0.398 e. The number of rotatable bonds is 2. The number of benzene rings is 1. The highest BCUT2D eigenvalue weighted by atomic mass is 79.9. The summed E-state index contributed by atoms with van der Waals surface area (Å²) in [5.74, 6) is 0.0162. The molecule has 0 spiro atoms. The number of hydrogen-bond donors (Lipinski definition) is 1. The van der Waals surface area contributed by atoms with Crippen molar-refractivity contribution in [2.45, 2.75) is 18.9 Å². The SMILES string of the molecule is CN(C(=O)c1ccc(Br)cc1N)C1CC1.Cl. The van der Waals surface area contributed by atoms with E-state index in [0.717, 1.165) is 17.3 Å².